The highest BCUT2D eigenvalue weighted by molar-refractivity contribution is 5.76. The number of nitrogens with zero attached hydrogens (tertiary/aromatic N) is 1. The van der Waals surface area contributed by atoms with Gasteiger partial charge in [-0.2, -0.15) is 0 Å². The molecule has 0 radical (unpaired) electrons. The van der Waals surface area contributed by atoms with Gasteiger partial charge < -0.3 is 11.1 Å². The van der Waals surface area contributed by atoms with Gasteiger partial charge in [0.1, 0.15) is 0 Å². The van der Waals surface area contributed by atoms with Gasteiger partial charge in [-0.05, 0) is 24.6 Å². The third-order valence-corrected chi connectivity index (χ3v) is 2.70. The molecule has 94 valence electrons. The zero-order chi connectivity index (χ0) is 12.9. The molecule has 1 atom stereocenters. The molecule has 1 unspecified atom stereocenters. The summed E-state index contributed by atoms with van der Waals surface area (Å²) in [6, 6.07) is 3.84. The summed E-state index contributed by atoms with van der Waals surface area (Å²) in [4.78, 5) is 15.5. The molecule has 4 nitrogen and oxygen atoms in total. The monoisotopic (exact) mass is 235 g/mol. The van der Waals surface area contributed by atoms with Crippen molar-refractivity contribution in [3.05, 3.63) is 30.1 Å². The quantitative estimate of drug-likeness (QED) is 0.806. The fourth-order valence-corrected chi connectivity index (χ4v) is 1.59. The fourth-order valence-electron chi connectivity index (χ4n) is 1.59. The van der Waals surface area contributed by atoms with Crippen LogP contribution < -0.4 is 11.1 Å². The van der Waals surface area contributed by atoms with Gasteiger partial charge in [-0.1, -0.05) is 13.8 Å². The van der Waals surface area contributed by atoms with Crippen LogP contribution in [0.25, 0.3) is 0 Å². The Morgan fingerprint density at radius 2 is 2.06 bits per heavy atom. The van der Waals surface area contributed by atoms with Crippen LogP contribution in [0.3, 0.4) is 0 Å². The van der Waals surface area contributed by atoms with Crippen LogP contribution in [0.15, 0.2) is 24.5 Å². The number of carbonyl (C=O) groups excluding carboxylic acids is 1. The van der Waals surface area contributed by atoms with Gasteiger partial charge >= 0.3 is 0 Å². The number of hydrogen-bond donors (Lipinski definition) is 2. The highest BCUT2D eigenvalue weighted by Crippen LogP contribution is 2.21. The summed E-state index contributed by atoms with van der Waals surface area (Å²) in [6.07, 6.45) is 3.90. The first-order valence-electron chi connectivity index (χ1n) is 5.84. The lowest BCUT2D eigenvalue weighted by atomic mass is 9.85. The average Bonchev–Trinajstić information content (AvgIpc) is 2.27. The van der Waals surface area contributed by atoms with E-state index >= 15 is 0 Å². The Kier molecular flexibility index (Phi) is 4.63. The third kappa shape index (κ3) is 4.53. The molecule has 1 rings (SSSR count). The molecular weight excluding hydrogens is 214 g/mol. The Balaban J connectivity index is 2.53. The molecule has 0 saturated heterocycles. The lowest BCUT2D eigenvalue weighted by molar-refractivity contribution is -0.121. The Labute approximate surface area is 103 Å². The van der Waals surface area contributed by atoms with Crippen LogP contribution in [0.1, 0.15) is 32.8 Å². The van der Waals surface area contributed by atoms with Gasteiger partial charge in [-0.15, -0.1) is 0 Å². The summed E-state index contributed by atoms with van der Waals surface area (Å²) in [7, 11) is 0. The number of nitrogens with one attached hydrogen (secondary N) is 1. The van der Waals surface area contributed by atoms with Crippen LogP contribution in [0.5, 0.6) is 0 Å². The van der Waals surface area contributed by atoms with Gasteiger partial charge in [0, 0.05) is 36.8 Å². The standard InChI is InChI=1S/C13H21N3O/c1-10(14)8-12(17)16-9-13(2,3)11-4-6-15-7-5-11/h4-7,10H,8-9,14H2,1-3H3,(H,16,17). The van der Waals surface area contributed by atoms with E-state index in [1.165, 1.54) is 0 Å². The number of carbonyl (C=O) groups is 1. The van der Waals surface area contributed by atoms with E-state index in [4.69, 9.17) is 5.73 Å². The first kappa shape index (κ1) is 13.6. The highest BCUT2D eigenvalue weighted by Gasteiger charge is 2.21. The van der Waals surface area contributed by atoms with Gasteiger partial charge in [0.15, 0.2) is 0 Å². The minimum absolute atomic E-state index is 0.00197. The number of nitrogens with two attached hydrogens (primary N) is 1. The van der Waals surface area contributed by atoms with Crippen molar-refractivity contribution in [2.24, 2.45) is 5.73 Å². The average molecular weight is 235 g/mol. The van der Waals surface area contributed by atoms with Crippen molar-refractivity contribution in [2.75, 3.05) is 6.54 Å². The normalized spacial score (nSPS) is 13.2. The summed E-state index contributed by atoms with van der Waals surface area (Å²) in [6.45, 7) is 6.61. The summed E-state index contributed by atoms with van der Waals surface area (Å²) in [5.74, 6) is 0.00197. The predicted molar refractivity (Wildman–Crippen MR) is 68.5 cm³/mol. The Hall–Kier alpha value is -1.42. The van der Waals surface area contributed by atoms with E-state index in [1.807, 2.05) is 19.1 Å². The van der Waals surface area contributed by atoms with Crippen LogP contribution >= 0.6 is 0 Å². The zero-order valence-corrected chi connectivity index (χ0v) is 10.7. The molecule has 0 aliphatic rings. The molecule has 0 bridgehead atoms. The van der Waals surface area contributed by atoms with Crippen LogP contribution in [0.4, 0.5) is 0 Å². The molecular formula is C13H21N3O. The number of hydrogen-bond acceptors (Lipinski definition) is 3. The Morgan fingerprint density at radius 3 is 2.59 bits per heavy atom. The molecule has 1 heterocycles. The zero-order valence-electron chi connectivity index (χ0n) is 10.7. The van der Waals surface area contributed by atoms with Crippen LogP contribution in [-0.4, -0.2) is 23.5 Å². The van der Waals surface area contributed by atoms with Crippen molar-refractivity contribution in [3.8, 4) is 0 Å². The van der Waals surface area contributed by atoms with Gasteiger partial charge in [0.25, 0.3) is 0 Å². The van der Waals surface area contributed by atoms with Gasteiger partial charge in [0.2, 0.25) is 5.91 Å². The van der Waals surface area contributed by atoms with Crippen LogP contribution in [0.2, 0.25) is 0 Å². The molecule has 1 aromatic heterocycles. The van der Waals surface area contributed by atoms with Crippen LogP contribution in [0, 0.1) is 0 Å². The van der Waals surface area contributed by atoms with Crippen molar-refractivity contribution < 1.29 is 4.79 Å². The maximum atomic E-state index is 11.5. The fraction of sp³-hybridized carbons (Fsp3) is 0.538. The van der Waals surface area contributed by atoms with Crippen molar-refractivity contribution >= 4 is 5.91 Å². The highest BCUT2D eigenvalue weighted by atomic mass is 16.1. The molecule has 0 aliphatic carbocycles. The number of pyridine rings is 1. The molecule has 1 aromatic rings. The Morgan fingerprint density at radius 1 is 1.47 bits per heavy atom. The van der Waals surface area contributed by atoms with E-state index < -0.39 is 0 Å². The van der Waals surface area contributed by atoms with E-state index in [0.29, 0.717) is 13.0 Å². The van der Waals surface area contributed by atoms with Gasteiger partial charge in [-0.25, -0.2) is 0 Å². The largest absolute Gasteiger partial charge is 0.355 e. The number of rotatable bonds is 5. The molecule has 3 N–H and O–H groups in total. The summed E-state index contributed by atoms with van der Waals surface area (Å²) in [5.41, 5.74) is 6.63. The lowest BCUT2D eigenvalue weighted by Gasteiger charge is -2.25. The van der Waals surface area contributed by atoms with Gasteiger partial charge in [-0.3, -0.25) is 9.78 Å². The summed E-state index contributed by atoms with van der Waals surface area (Å²) in [5, 5.41) is 2.91. The molecule has 0 spiro atoms. The number of aromatic nitrogens is 1. The van der Waals surface area contributed by atoms with E-state index in [2.05, 4.69) is 24.1 Å². The smallest absolute Gasteiger partial charge is 0.221 e. The molecule has 0 aromatic carbocycles. The second-order valence-electron chi connectivity index (χ2n) is 5.08. The van der Waals surface area contributed by atoms with E-state index in [1.54, 1.807) is 12.4 Å². The molecule has 17 heavy (non-hydrogen) atoms. The summed E-state index contributed by atoms with van der Waals surface area (Å²) >= 11 is 0. The first-order valence-corrected chi connectivity index (χ1v) is 5.84. The van der Waals surface area contributed by atoms with Gasteiger partial charge in [0.05, 0.1) is 0 Å². The minimum Gasteiger partial charge on any atom is -0.355 e. The van der Waals surface area contributed by atoms with E-state index in [-0.39, 0.29) is 17.4 Å². The maximum Gasteiger partial charge on any atom is 0.221 e. The SMILES string of the molecule is CC(N)CC(=O)NCC(C)(C)c1ccncc1. The topological polar surface area (TPSA) is 68.0 Å². The molecule has 0 aliphatic heterocycles. The second kappa shape index (κ2) is 5.77. The van der Waals surface area contributed by atoms with Crippen LogP contribution in [-0.2, 0) is 10.2 Å². The van der Waals surface area contributed by atoms with Crippen molar-refractivity contribution in [3.63, 3.8) is 0 Å². The Bertz CT molecular complexity index is 360. The molecule has 4 heteroatoms. The maximum absolute atomic E-state index is 11.5. The molecule has 1 amide bonds. The summed E-state index contributed by atoms with van der Waals surface area (Å²) < 4.78 is 0. The molecule has 0 fully saturated rings. The first-order chi connectivity index (χ1) is 7.92. The molecule has 0 saturated carbocycles. The second-order valence-corrected chi connectivity index (χ2v) is 5.08. The van der Waals surface area contributed by atoms with E-state index in [9.17, 15) is 4.79 Å². The van der Waals surface area contributed by atoms with Crippen molar-refractivity contribution in [2.45, 2.75) is 38.6 Å². The lowest BCUT2D eigenvalue weighted by Crippen LogP contribution is -2.38. The van der Waals surface area contributed by atoms with Crippen molar-refractivity contribution in [1.29, 1.82) is 0 Å². The third-order valence-electron chi connectivity index (χ3n) is 2.70. The predicted octanol–water partition coefficient (Wildman–Crippen LogP) is 1.21. The van der Waals surface area contributed by atoms with Crippen molar-refractivity contribution in [1.82, 2.24) is 10.3 Å². The number of amides is 1. The van der Waals surface area contributed by atoms with E-state index in [0.717, 1.165) is 5.56 Å². The minimum atomic E-state index is -0.101.